The maximum Gasteiger partial charge on any atom is 0.283 e. The first-order chi connectivity index (χ1) is 14.6. The van der Waals surface area contributed by atoms with Crippen LogP contribution in [0.1, 0.15) is 4.88 Å². The largest absolute Gasteiger partial charge is 0.485 e. The van der Waals surface area contributed by atoms with Crippen molar-refractivity contribution in [3.63, 3.8) is 0 Å². The van der Waals surface area contributed by atoms with E-state index in [0.717, 1.165) is 15.3 Å². The molecule has 0 radical (unpaired) electrons. The molecule has 152 valence electrons. The molecule has 0 fully saturated rings. The number of carbonyl (C=O) groups is 2. The number of hydrogen-bond acceptors (Lipinski definition) is 5. The Balaban J connectivity index is 1.28. The first kappa shape index (κ1) is 19.7. The molecule has 6 nitrogen and oxygen atoms in total. The number of carbonyl (C=O) groups excluding carboxylic acids is 2. The number of benzene rings is 2. The van der Waals surface area contributed by atoms with Gasteiger partial charge in [0.2, 0.25) is 6.10 Å². The first-order valence-electron chi connectivity index (χ1n) is 9.11. The molecule has 0 aliphatic carbocycles. The summed E-state index contributed by atoms with van der Waals surface area (Å²) < 4.78 is 24.1. The van der Waals surface area contributed by atoms with Crippen LogP contribution in [0, 0.1) is 5.82 Å². The SMILES string of the molecule is O=C(C=Cc1ccc(-c2ccc(F)cc2)s1)NNC(=O)C1COc2ccccc2O1. The molecule has 2 amide bonds. The van der Waals surface area contributed by atoms with E-state index in [1.807, 2.05) is 18.2 Å². The highest BCUT2D eigenvalue weighted by Crippen LogP contribution is 2.31. The Morgan fingerprint density at radius 3 is 2.57 bits per heavy atom. The number of hydrogen-bond donors (Lipinski definition) is 2. The molecule has 1 aliphatic heterocycles. The van der Waals surface area contributed by atoms with Crippen molar-refractivity contribution >= 4 is 29.2 Å². The number of nitrogens with one attached hydrogen (secondary N) is 2. The third-order valence-corrected chi connectivity index (χ3v) is 5.36. The fourth-order valence-electron chi connectivity index (χ4n) is 2.76. The van der Waals surface area contributed by atoms with Crippen molar-refractivity contribution < 1.29 is 23.5 Å². The van der Waals surface area contributed by atoms with E-state index in [0.29, 0.717) is 11.5 Å². The van der Waals surface area contributed by atoms with Crippen molar-refractivity contribution in [1.29, 1.82) is 0 Å². The van der Waals surface area contributed by atoms with Gasteiger partial charge in [-0.05, 0) is 48.0 Å². The highest BCUT2D eigenvalue weighted by molar-refractivity contribution is 7.16. The van der Waals surface area contributed by atoms with E-state index in [1.165, 1.54) is 29.5 Å². The van der Waals surface area contributed by atoms with E-state index in [1.54, 1.807) is 36.4 Å². The van der Waals surface area contributed by atoms with Gasteiger partial charge in [0.05, 0.1) is 0 Å². The Bertz CT molecular complexity index is 1090. The minimum absolute atomic E-state index is 0.0515. The summed E-state index contributed by atoms with van der Waals surface area (Å²) in [6.45, 7) is 0.0515. The molecule has 2 heterocycles. The van der Waals surface area contributed by atoms with Gasteiger partial charge in [-0.3, -0.25) is 20.4 Å². The van der Waals surface area contributed by atoms with Crippen LogP contribution in [0.3, 0.4) is 0 Å². The number of fused-ring (bicyclic) bond motifs is 1. The number of rotatable bonds is 4. The smallest absolute Gasteiger partial charge is 0.283 e. The van der Waals surface area contributed by atoms with Gasteiger partial charge < -0.3 is 9.47 Å². The quantitative estimate of drug-likeness (QED) is 0.496. The minimum atomic E-state index is -0.861. The zero-order valence-electron chi connectivity index (χ0n) is 15.6. The van der Waals surface area contributed by atoms with E-state index < -0.39 is 17.9 Å². The third kappa shape index (κ3) is 4.66. The molecule has 1 aromatic heterocycles. The van der Waals surface area contributed by atoms with Crippen molar-refractivity contribution in [2.24, 2.45) is 0 Å². The molecular weight excluding hydrogens is 407 g/mol. The van der Waals surface area contributed by atoms with Crippen LogP contribution >= 0.6 is 11.3 Å². The van der Waals surface area contributed by atoms with Crippen LogP contribution in [0.15, 0.2) is 66.7 Å². The molecule has 1 aliphatic rings. The highest BCUT2D eigenvalue weighted by atomic mass is 32.1. The summed E-state index contributed by atoms with van der Waals surface area (Å²) in [5.41, 5.74) is 5.55. The summed E-state index contributed by atoms with van der Waals surface area (Å²) in [5.74, 6) is -0.240. The van der Waals surface area contributed by atoms with E-state index in [9.17, 15) is 14.0 Å². The van der Waals surface area contributed by atoms with Crippen molar-refractivity contribution in [1.82, 2.24) is 10.9 Å². The zero-order chi connectivity index (χ0) is 20.9. The van der Waals surface area contributed by atoms with E-state index in [4.69, 9.17) is 9.47 Å². The van der Waals surface area contributed by atoms with Gasteiger partial charge in [0.15, 0.2) is 11.5 Å². The Hall–Kier alpha value is -3.65. The van der Waals surface area contributed by atoms with Crippen molar-refractivity contribution in [2.75, 3.05) is 6.61 Å². The predicted octanol–water partition coefficient (Wildman–Crippen LogP) is 3.55. The maximum atomic E-state index is 13.0. The zero-order valence-corrected chi connectivity index (χ0v) is 16.4. The van der Waals surface area contributed by atoms with Crippen LogP contribution in [0.2, 0.25) is 0 Å². The summed E-state index contributed by atoms with van der Waals surface area (Å²) in [6.07, 6.45) is 2.09. The lowest BCUT2D eigenvalue weighted by atomic mass is 10.2. The Morgan fingerprint density at radius 1 is 1.00 bits per heavy atom. The lowest BCUT2D eigenvalue weighted by Crippen LogP contribution is -2.50. The molecule has 2 N–H and O–H groups in total. The number of amides is 2. The second-order valence-corrected chi connectivity index (χ2v) is 7.50. The molecule has 1 atom stereocenters. The van der Waals surface area contributed by atoms with Gasteiger partial charge in [0, 0.05) is 15.8 Å². The van der Waals surface area contributed by atoms with Crippen LogP contribution < -0.4 is 20.3 Å². The summed E-state index contributed by atoms with van der Waals surface area (Å²) in [6, 6.07) is 17.0. The Morgan fingerprint density at radius 2 is 1.77 bits per heavy atom. The molecule has 2 aromatic carbocycles. The van der Waals surface area contributed by atoms with Crippen LogP contribution in [-0.4, -0.2) is 24.5 Å². The van der Waals surface area contributed by atoms with E-state index in [-0.39, 0.29) is 12.4 Å². The lowest BCUT2D eigenvalue weighted by molar-refractivity contribution is -0.134. The highest BCUT2D eigenvalue weighted by Gasteiger charge is 2.27. The van der Waals surface area contributed by atoms with Gasteiger partial charge >= 0.3 is 0 Å². The molecule has 8 heteroatoms. The second kappa shape index (κ2) is 8.79. The standard InChI is InChI=1S/C22H17FN2O4S/c23-15-7-5-14(6-8-15)20-11-9-16(30-20)10-12-21(26)24-25-22(27)19-13-28-17-3-1-2-4-18(17)29-19/h1-12,19H,13H2,(H,24,26)(H,25,27). The monoisotopic (exact) mass is 424 g/mol. The van der Waals surface area contributed by atoms with Crippen LogP contribution in [0.4, 0.5) is 4.39 Å². The molecule has 30 heavy (non-hydrogen) atoms. The first-order valence-corrected chi connectivity index (χ1v) is 9.92. The average molecular weight is 424 g/mol. The van der Waals surface area contributed by atoms with Gasteiger partial charge in [-0.25, -0.2) is 4.39 Å². The van der Waals surface area contributed by atoms with Crippen molar-refractivity contribution in [3.05, 3.63) is 77.4 Å². The van der Waals surface area contributed by atoms with Crippen LogP contribution in [-0.2, 0) is 9.59 Å². The molecular formula is C22H17FN2O4S. The second-order valence-electron chi connectivity index (χ2n) is 6.38. The summed E-state index contributed by atoms with van der Waals surface area (Å²) in [4.78, 5) is 26.0. The summed E-state index contributed by atoms with van der Waals surface area (Å²) in [5, 5.41) is 0. The molecule has 0 saturated carbocycles. The normalized spacial score (nSPS) is 15.0. The number of thiophene rings is 1. The number of ether oxygens (including phenoxy) is 2. The lowest BCUT2D eigenvalue weighted by Gasteiger charge is -2.25. The van der Waals surface area contributed by atoms with Crippen molar-refractivity contribution in [2.45, 2.75) is 6.10 Å². The van der Waals surface area contributed by atoms with E-state index >= 15 is 0 Å². The molecule has 3 aromatic rings. The Labute approximate surface area is 175 Å². The molecule has 0 bridgehead atoms. The van der Waals surface area contributed by atoms with Crippen molar-refractivity contribution in [3.8, 4) is 21.9 Å². The number of para-hydroxylation sites is 2. The van der Waals surface area contributed by atoms with Crippen LogP contribution in [0.5, 0.6) is 11.5 Å². The molecule has 4 rings (SSSR count). The fraction of sp³-hybridized carbons (Fsp3) is 0.0909. The summed E-state index contributed by atoms with van der Waals surface area (Å²) in [7, 11) is 0. The molecule has 1 unspecified atom stereocenters. The summed E-state index contributed by atoms with van der Waals surface area (Å²) >= 11 is 1.46. The van der Waals surface area contributed by atoms with Gasteiger partial charge in [0.1, 0.15) is 12.4 Å². The molecule has 0 saturated heterocycles. The van der Waals surface area contributed by atoms with Gasteiger partial charge in [-0.15, -0.1) is 11.3 Å². The third-order valence-electron chi connectivity index (χ3n) is 4.26. The Kier molecular flexibility index (Phi) is 5.76. The molecule has 0 spiro atoms. The average Bonchev–Trinajstić information content (AvgIpc) is 3.25. The van der Waals surface area contributed by atoms with Gasteiger partial charge in [0.25, 0.3) is 11.8 Å². The fourth-order valence-corrected chi connectivity index (χ4v) is 3.68. The number of hydrazine groups is 1. The van der Waals surface area contributed by atoms with Gasteiger partial charge in [-0.2, -0.15) is 0 Å². The maximum absolute atomic E-state index is 13.0. The predicted molar refractivity (Wildman–Crippen MR) is 111 cm³/mol. The minimum Gasteiger partial charge on any atom is -0.485 e. The van der Waals surface area contributed by atoms with Crippen LogP contribution in [0.25, 0.3) is 16.5 Å². The van der Waals surface area contributed by atoms with E-state index in [2.05, 4.69) is 10.9 Å². The topological polar surface area (TPSA) is 76.7 Å². The number of halogens is 1. The van der Waals surface area contributed by atoms with Gasteiger partial charge in [-0.1, -0.05) is 24.3 Å².